The summed E-state index contributed by atoms with van der Waals surface area (Å²) in [4.78, 5) is 25.1. The van der Waals surface area contributed by atoms with E-state index in [0.29, 0.717) is 5.56 Å². The lowest BCUT2D eigenvalue weighted by atomic mass is 10.00. The van der Waals surface area contributed by atoms with Crippen molar-refractivity contribution in [1.82, 2.24) is 0 Å². The van der Waals surface area contributed by atoms with Crippen LogP contribution in [0.1, 0.15) is 36.4 Å². The van der Waals surface area contributed by atoms with Gasteiger partial charge in [0.15, 0.2) is 6.04 Å². The number of nitrogens with one attached hydrogen (secondary N) is 2. The van der Waals surface area contributed by atoms with Gasteiger partial charge in [0.25, 0.3) is 11.6 Å². The van der Waals surface area contributed by atoms with Crippen LogP contribution in [0.3, 0.4) is 0 Å². The number of para-hydroxylation sites is 1. The van der Waals surface area contributed by atoms with Crippen LogP contribution in [-0.2, 0) is 4.79 Å². The van der Waals surface area contributed by atoms with Gasteiger partial charge in [0.2, 0.25) is 0 Å². The first-order valence-electron chi connectivity index (χ1n) is 9.01. The lowest BCUT2D eigenvalue weighted by Gasteiger charge is -2.31. The van der Waals surface area contributed by atoms with Crippen LogP contribution in [0.5, 0.6) is 0 Å². The number of carbonyl (C=O) groups excluding carboxylic acids is 1. The van der Waals surface area contributed by atoms with Crippen molar-refractivity contribution in [1.29, 1.82) is 0 Å². The van der Waals surface area contributed by atoms with E-state index in [4.69, 9.17) is 0 Å². The molecule has 2 N–H and O–H groups in total. The van der Waals surface area contributed by atoms with Crippen molar-refractivity contribution >= 4 is 17.3 Å². The van der Waals surface area contributed by atoms with Crippen LogP contribution < -0.4 is 10.2 Å². The fraction of sp³-hybridized carbons (Fsp3) is 0.350. The van der Waals surface area contributed by atoms with Crippen LogP contribution >= 0.6 is 0 Å². The van der Waals surface area contributed by atoms with Gasteiger partial charge >= 0.3 is 0 Å². The van der Waals surface area contributed by atoms with Crippen molar-refractivity contribution in [2.45, 2.75) is 32.2 Å². The molecule has 0 radical (unpaired) electrons. The zero-order valence-corrected chi connectivity index (χ0v) is 14.9. The van der Waals surface area contributed by atoms with Gasteiger partial charge in [-0.25, -0.2) is 0 Å². The molecule has 1 saturated heterocycles. The molecule has 0 saturated carbocycles. The van der Waals surface area contributed by atoms with E-state index in [0.717, 1.165) is 37.2 Å². The molecule has 136 valence electrons. The van der Waals surface area contributed by atoms with Crippen molar-refractivity contribution in [3.8, 4) is 0 Å². The quantitative estimate of drug-likeness (QED) is 0.640. The second-order valence-corrected chi connectivity index (χ2v) is 6.81. The molecule has 3 rings (SSSR count). The number of anilines is 1. The van der Waals surface area contributed by atoms with Crippen molar-refractivity contribution in [3.63, 3.8) is 0 Å². The molecule has 1 fully saturated rings. The summed E-state index contributed by atoms with van der Waals surface area (Å²) >= 11 is 0. The van der Waals surface area contributed by atoms with Crippen LogP contribution in [0.15, 0.2) is 48.5 Å². The number of likely N-dealkylation sites (tertiary alicyclic amines) is 1. The van der Waals surface area contributed by atoms with Crippen molar-refractivity contribution in [3.05, 3.63) is 69.8 Å². The average Bonchev–Trinajstić information content (AvgIpc) is 2.65. The molecule has 0 aromatic heterocycles. The third-order valence-corrected chi connectivity index (χ3v) is 4.98. The first kappa shape index (κ1) is 18.1. The maximum atomic E-state index is 13.1. The highest BCUT2D eigenvalue weighted by Crippen LogP contribution is 2.21. The van der Waals surface area contributed by atoms with E-state index in [1.165, 1.54) is 23.5 Å². The molecule has 6 nitrogen and oxygen atoms in total. The zero-order valence-electron chi connectivity index (χ0n) is 14.9. The molecule has 1 heterocycles. The van der Waals surface area contributed by atoms with Crippen LogP contribution in [0.4, 0.5) is 11.4 Å². The molecule has 6 heteroatoms. The summed E-state index contributed by atoms with van der Waals surface area (Å²) in [5.41, 5.74) is 2.49. The minimum absolute atomic E-state index is 0.0209. The average molecular weight is 354 g/mol. The first-order chi connectivity index (χ1) is 12.6. The number of carbonyl (C=O) groups is 1. The van der Waals surface area contributed by atoms with Gasteiger partial charge in [0.05, 0.1) is 18.0 Å². The highest BCUT2D eigenvalue weighted by molar-refractivity contribution is 5.95. The van der Waals surface area contributed by atoms with E-state index in [1.54, 1.807) is 6.07 Å². The predicted octanol–water partition coefficient (Wildman–Crippen LogP) is 2.65. The number of nitrogens with zero attached hydrogens (tertiary/aromatic N) is 1. The predicted molar refractivity (Wildman–Crippen MR) is 100 cm³/mol. The normalized spacial score (nSPS) is 16.0. The number of hydrogen-bond donors (Lipinski definition) is 2. The number of aryl methyl sites for hydroxylation is 1. The van der Waals surface area contributed by atoms with E-state index in [2.05, 4.69) is 5.32 Å². The SMILES string of the molecule is Cc1ccccc1NC(=O)[C@@H](c1cccc([N+](=O)[O-])c1)[NH+]1CCCCC1. The summed E-state index contributed by atoms with van der Waals surface area (Å²) in [5, 5.41) is 14.2. The Hall–Kier alpha value is -2.73. The molecular weight excluding hydrogens is 330 g/mol. The molecule has 26 heavy (non-hydrogen) atoms. The maximum Gasteiger partial charge on any atom is 0.287 e. The fourth-order valence-electron chi connectivity index (χ4n) is 3.60. The maximum absolute atomic E-state index is 13.1. The molecule has 1 amide bonds. The summed E-state index contributed by atoms with van der Waals surface area (Å²) in [5.74, 6) is -0.114. The van der Waals surface area contributed by atoms with Crippen molar-refractivity contribution < 1.29 is 14.6 Å². The summed E-state index contributed by atoms with van der Waals surface area (Å²) in [7, 11) is 0. The second kappa shape index (κ2) is 8.10. The van der Waals surface area contributed by atoms with Crippen LogP contribution in [0, 0.1) is 17.0 Å². The van der Waals surface area contributed by atoms with Crippen LogP contribution in [0.2, 0.25) is 0 Å². The van der Waals surface area contributed by atoms with Crippen LogP contribution in [0.25, 0.3) is 0 Å². The van der Waals surface area contributed by atoms with Crippen molar-refractivity contribution in [2.24, 2.45) is 0 Å². The molecule has 0 bridgehead atoms. The summed E-state index contributed by atoms with van der Waals surface area (Å²) < 4.78 is 0. The molecule has 0 aliphatic carbocycles. The highest BCUT2D eigenvalue weighted by atomic mass is 16.6. The van der Waals surface area contributed by atoms with Crippen LogP contribution in [-0.4, -0.2) is 23.9 Å². The van der Waals surface area contributed by atoms with E-state index < -0.39 is 11.0 Å². The Morgan fingerprint density at radius 3 is 2.54 bits per heavy atom. The topological polar surface area (TPSA) is 76.7 Å². The van der Waals surface area contributed by atoms with Gasteiger partial charge in [0, 0.05) is 23.4 Å². The Morgan fingerprint density at radius 1 is 1.12 bits per heavy atom. The standard InChI is InChI=1S/C20H23N3O3/c1-15-8-3-4-11-18(15)21-20(24)19(22-12-5-2-6-13-22)16-9-7-10-17(14-16)23(25)26/h3-4,7-11,14,19H,2,5-6,12-13H2,1H3,(H,21,24)/p+1/t19-/m1/s1. The van der Waals surface area contributed by atoms with Gasteiger partial charge in [0.1, 0.15) is 0 Å². The Labute approximate surface area is 153 Å². The number of quaternary nitrogens is 1. The van der Waals surface area contributed by atoms with Gasteiger partial charge in [-0.2, -0.15) is 0 Å². The van der Waals surface area contributed by atoms with Gasteiger partial charge in [-0.05, 0) is 37.8 Å². The van der Waals surface area contributed by atoms with Gasteiger partial charge in [-0.15, -0.1) is 0 Å². The molecule has 0 unspecified atom stereocenters. The molecule has 1 aliphatic heterocycles. The van der Waals surface area contributed by atoms with Crippen molar-refractivity contribution in [2.75, 3.05) is 18.4 Å². The van der Waals surface area contributed by atoms with E-state index >= 15 is 0 Å². The molecule has 2 aromatic carbocycles. The van der Waals surface area contributed by atoms with Gasteiger partial charge in [-0.3, -0.25) is 14.9 Å². The Morgan fingerprint density at radius 2 is 1.85 bits per heavy atom. The minimum Gasteiger partial charge on any atom is -0.321 e. The number of benzene rings is 2. The molecule has 1 aliphatic rings. The number of non-ortho nitro benzene ring substituents is 1. The highest BCUT2D eigenvalue weighted by Gasteiger charge is 2.33. The lowest BCUT2D eigenvalue weighted by molar-refractivity contribution is -0.926. The number of piperidine rings is 1. The number of rotatable bonds is 5. The monoisotopic (exact) mass is 354 g/mol. The van der Waals surface area contributed by atoms with E-state index in [-0.39, 0.29) is 11.6 Å². The number of amides is 1. The largest absolute Gasteiger partial charge is 0.321 e. The third-order valence-electron chi connectivity index (χ3n) is 4.98. The second-order valence-electron chi connectivity index (χ2n) is 6.81. The molecule has 2 aromatic rings. The van der Waals surface area contributed by atoms with Gasteiger partial charge < -0.3 is 10.2 Å². The Kier molecular flexibility index (Phi) is 5.63. The third kappa shape index (κ3) is 4.08. The van der Waals surface area contributed by atoms with E-state index in [1.807, 2.05) is 37.3 Å². The summed E-state index contributed by atoms with van der Waals surface area (Å²) in [6.07, 6.45) is 3.31. The number of nitro groups is 1. The molecule has 1 atom stereocenters. The summed E-state index contributed by atoms with van der Waals surface area (Å²) in [6.45, 7) is 3.74. The molecule has 0 spiro atoms. The number of nitro benzene ring substituents is 1. The smallest absolute Gasteiger partial charge is 0.287 e. The Bertz CT molecular complexity index is 800. The number of hydrogen-bond acceptors (Lipinski definition) is 3. The fourth-order valence-corrected chi connectivity index (χ4v) is 3.60. The van der Waals surface area contributed by atoms with E-state index in [9.17, 15) is 14.9 Å². The lowest BCUT2D eigenvalue weighted by Crippen LogP contribution is -3.14. The van der Waals surface area contributed by atoms with Gasteiger partial charge in [-0.1, -0.05) is 30.3 Å². The minimum atomic E-state index is -0.449. The Balaban J connectivity index is 1.92. The molecular formula is C20H24N3O3+. The first-order valence-corrected chi connectivity index (χ1v) is 9.01. The summed E-state index contributed by atoms with van der Waals surface area (Å²) in [6, 6.07) is 13.7. The zero-order chi connectivity index (χ0) is 18.5.